The topological polar surface area (TPSA) is 114 Å². The number of carbonyl (C=O) groups excluding carboxylic acids is 2. The minimum absolute atomic E-state index is 0.0155. The van der Waals surface area contributed by atoms with Gasteiger partial charge in [-0.3, -0.25) is 4.79 Å². The Kier molecular flexibility index (Phi) is 8.02. The lowest BCUT2D eigenvalue weighted by Gasteiger charge is -2.20. The first-order chi connectivity index (χ1) is 17.0. The smallest absolute Gasteiger partial charge is 0.407 e. The van der Waals surface area contributed by atoms with Crippen molar-refractivity contribution >= 4 is 18.0 Å². The predicted octanol–water partition coefficient (Wildman–Crippen LogP) is 3.55. The number of rotatable bonds is 12. The van der Waals surface area contributed by atoms with E-state index in [1.54, 1.807) is 0 Å². The van der Waals surface area contributed by atoms with Crippen molar-refractivity contribution in [3.8, 4) is 11.1 Å². The highest BCUT2D eigenvalue weighted by Gasteiger charge is 2.34. The number of carbonyl (C=O) groups is 3. The van der Waals surface area contributed by atoms with Gasteiger partial charge in [-0.2, -0.15) is 0 Å². The Morgan fingerprint density at radius 1 is 1.03 bits per heavy atom. The zero-order chi connectivity index (χ0) is 24.8. The molecule has 2 unspecified atom stereocenters. The molecule has 0 radical (unpaired) electrons. The maximum absolute atomic E-state index is 12.5. The van der Waals surface area contributed by atoms with Crippen molar-refractivity contribution in [2.75, 3.05) is 26.9 Å². The van der Waals surface area contributed by atoms with Crippen LogP contribution in [0.3, 0.4) is 0 Å². The molecule has 1 fully saturated rings. The van der Waals surface area contributed by atoms with E-state index in [4.69, 9.17) is 9.47 Å². The summed E-state index contributed by atoms with van der Waals surface area (Å²) in [5.41, 5.74) is 4.63. The first kappa shape index (κ1) is 24.7. The van der Waals surface area contributed by atoms with Crippen molar-refractivity contribution in [2.24, 2.45) is 11.8 Å². The molecule has 0 aromatic heterocycles. The van der Waals surface area contributed by atoms with Gasteiger partial charge in [0, 0.05) is 39.0 Å². The molecule has 2 aliphatic carbocycles. The molecule has 8 heteroatoms. The van der Waals surface area contributed by atoms with E-state index in [9.17, 15) is 19.5 Å². The van der Waals surface area contributed by atoms with Crippen molar-refractivity contribution in [2.45, 2.75) is 37.6 Å². The van der Waals surface area contributed by atoms with Crippen LogP contribution in [0.4, 0.5) is 4.79 Å². The van der Waals surface area contributed by atoms with Gasteiger partial charge in [-0.05, 0) is 46.9 Å². The van der Waals surface area contributed by atoms with Gasteiger partial charge in [0.2, 0.25) is 5.91 Å². The molecule has 186 valence electrons. The standard InChI is InChI=1S/C27H32N2O6/c1-34-13-12-24(26(31)32)29-25(30)14-18(17-10-11-17)15-28-27(33)35-16-23-21-8-4-2-6-19(21)20-7-3-5-9-22(20)23/h2-9,17-18,23-24H,10-16H2,1H3,(H,28,33)(H,29,30)(H,31,32). The van der Waals surface area contributed by atoms with Crippen LogP contribution in [0.5, 0.6) is 0 Å². The molecule has 2 atom stereocenters. The number of fused-ring (bicyclic) bond motifs is 3. The number of aliphatic carboxylic acids is 1. The lowest BCUT2D eigenvalue weighted by molar-refractivity contribution is -0.142. The molecule has 0 saturated heterocycles. The average molecular weight is 481 g/mol. The quantitative estimate of drug-likeness (QED) is 0.428. The summed E-state index contributed by atoms with van der Waals surface area (Å²) < 4.78 is 10.5. The predicted molar refractivity (Wildman–Crippen MR) is 130 cm³/mol. The molecule has 0 aliphatic heterocycles. The third kappa shape index (κ3) is 6.19. The highest BCUT2D eigenvalue weighted by Crippen LogP contribution is 2.44. The number of alkyl carbamates (subject to hydrolysis) is 1. The first-order valence-electron chi connectivity index (χ1n) is 12.1. The van der Waals surface area contributed by atoms with E-state index in [1.807, 2.05) is 24.3 Å². The fourth-order valence-corrected chi connectivity index (χ4v) is 4.82. The van der Waals surface area contributed by atoms with Gasteiger partial charge in [0.15, 0.2) is 0 Å². The number of nitrogens with one attached hydrogen (secondary N) is 2. The molecule has 1 saturated carbocycles. The Bertz CT molecular complexity index is 1020. The third-order valence-electron chi connectivity index (χ3n) is 6.83. The number of methoxy groups -OCH3 is 1. The van der Waals surface area contributed by atoms with Crippen LogP contribution in [0.2, 0.25) is 0 Å². The van der Waals surface area contributed by atoms with E-state index in [2.05, 4.69) is 34.9 Å². The number of hydrogen-bond acceptors (Lipinski definition) is 5. The molecule has 3 N–H and O–H groups in total. The maximum atomic E-state index is 12.5. The van der Waals surface area contributed by atoms with E-state index >= 15 is 0 Å². The summed E-state index contributed by atoms with van der Waals surface area (Å²) in [4.78, 5) is 36.4. The van der Waals surface area contributed by atoms with E-state index in [-0.39, 0.29) is 43.8 Å². The normalized spacial score (nSPS) is 16.0. The van der Waals surface area contributed by atoms with Crippen LogP contribution in [0, 0.1) is 11.8 Å². The van der Waals surface area contributed by atoms with Crippen molar-refractivity contribution in [1.29, 1.82) is 0 Å². The van der Waals surface area contributed by atoms with Crippen LogP contribution in [0.15, 0.2) is 48.5 Å². The number of carboxylic acids is 1. The monoisotopic (exact) mass is 480 g/mol. The number of carboxylic acid groups (broad SMARTS) is 1. The Morgan fingerprint density at radius 2 is 1.66 bits per heavy atom. The van der Waals surface area contributed by atoms with Gasteiger partial charge in [-0.15, -0.1) is 0 Å². The van der Waals surface area contributed by atoms with Crippen LogP contribution in [-0.2, 0) is 19.1 Å². The first-order valence-corrected chi connectivity index (χ1v) is 12.1. The summed E-state index contributed by atoms with van der Waals surface area (Å²) >= 11 is 0. The largest absolute Gasteiger partial charge is 0.480 e. The van der Waals surface area contributed by atoms with E-state index in [0.717, 1.165) is 24.0 Å². The number of ether oxygens (including phenoxy) is 2. The Hall–Kier alpha value is -3.39. The minimum Gasteiger partial charge on any atom is -0.480 e. The van der Waals surface area contributed by atoms with Crippen LogP contribution < -0.4 is 10.6 Å². The van der Waals surface area contributed by atoms with Gasteiger partial charge >= 0.3 is 12.1 Å². The Labute approximate surface area is 205 Å². The summed E-state index contributed by atoms with van der Waals surface area (Å²) in [5.74, 6) is -1.16. The second-order valence-corrected chi connectivity index (χ2v) is 9.25. The summed E-state index contributed by atoms with van der Waals surface area (Å²) in [7, 11) is 1.48. The number of hydrogen-bond donors (Lipinski definition) is 3. The van der Waals surface area contributed by atoms with Crippen molar-refractivity contribution in [3.63, 3.8) is 0 Å². The molecule has 2 aliphatic rings. The zero-order valence-electron chi connectivity index (χ0n) is 19.9. The van der Waals surface area contributed by atoms with Crippen molar-refractivity contribution < 1.29 is 29.0 Å². The molecule has 0 spiro atoms. The summed E-state index contributed by atoms with van der Waals surface area (Å²) in [6.45, 7) is 0.783. The highest BCUT2D eigenvalue weighted by molar-refractivity contribution is 5.83. The average Bonchev–Trinajstić information content (AvgIpc) is 3.65. The lowest BCUT2D eigenvalue weighted by atomic mass is 9.98. The third-order valence-corrected chi connectivity index (χ3v) is 6.83. The molecule has 0 bridgehead atoms. The van der Waals surface area contributed by atoms with Gasteiger partial charge < -0.3 is 25.2 Å². The molecule has 35 heavy (non-hydrogen) atoms. The van der Waals surface area contributed by atoms with Crippen molar-refractivity contribution in [1.82, 2.24) is 10.6 Å². The fraction of sp³-hybridized carbons (Fsp3) is 0.444. The molecule has 2 aromatic carbocycles. The van der Waals surface area contributed by atoms with Crippen LogP contribution in [0.1, 0.15) is 42.7 Å². The lowest BCUT2D eigenvalue weighted by Crippen LogP contribution is -2.43. The molecule has 2 aromatic rings. The second kappa shape index (κ2) is 11.4. The van der Waals surface area contributed by atoms with Gasteiger partial charge in [-0.25, -0.2) is 9.59 Å². The van der Waals surface area contributed by atoms with Gasteiger partial charge in [-0.1, -0.05) is 48.5 Å². The highest BCUT2D eigenvalue weighted by atomic mass is 16.5. The Morgan fingerprint density at radius 3 is 2.23 bits per heavy atom. The van der Waals surface area contributed by atoms with Crippen LogP contribution in [-0.4, -0.2) is 56.0 Å². The van der Waals surface area contributed by atoms with E-state index in [0.29, 0.717) is 12.5 Å². The number of benzene rings is 2. The van der Waals surface area contributed by atoms with E-state index in [1.165, 1.54) is 18.2 Å². The molecule has 0 heterocycles. The molecular weight excluding hydrogens is 448 g/mol. The summed E-state index contributed by atoms with van der Waals surface area (Å²) in [5, 5.41) is 14.7. The summed E-state index contributed by atoms with van der Waals surface area (Å²) in [6, 6.07) is 15.3. The van der Waals surface area contributed by atoms with Gasteiger partial charge in [0.1, 0.15) is 12.6 Å². The molecule has 2 amide bonds. The second-order valence-electron chi connectivity index (χ2n) is 9.25. The fourth-order valence-electron chi connectivity index (χ4n) is 4.82. The zero-order valence-corrected chi connectivity index (χ0v) is 19.9. The summed E-state index contributed by atoms with van der Waals surface area (Å²) in [6.07, 6.45) is 1.84. The van der Waals surface area contributed by atoms with Crippen LogP contribution in [0.25, 0.3) is 11.1 Å². The minimum atomic E-state index is -1.09. The van der Waals surface area contributed by atoms with E-state index < -0.39 is 18.1 Å². The van der Waals surface area contributed by atoms with Gasteiger partial charge in [0.05, 0.1) is 0 Å². The maximum Gasteiger partial charge on any atom is 0.407 e. The number of amides is 2. The van der Waals surface area contributed by atoms with Gasteiger partial charge in [0.25, 0.3) is 0 Å². The van der Waals surface area contributed by atoms with Crippen LogP contribution >= 0.6 is 0 Å². The Balaban J connectivity index is 1.28. The molecule has 4 rings (SSSR count). The van der Waals surface area contributed by atoms with Crippen molar-refractivity contribution in [3.05, 3.63) is 59.7 Å². The SMILES string of the molecule is COCCC(NC(=O)CC(CNC(=O)OCC1c2ccccc2-c2ccccc21)C1CC1)C(=O)O. The molecule has 8 nitrogen and oxygen atoms in total. The molecular formula is C27H32N2O6.